The molecule has 1 fully saturated rings. The number of nitrogens with one attached hydrogen (secondary N) is 1. The Morgan fingerprint density at radius 3 is 2.72 bits per heavy atom. The molecule has 1 atom stereocenters. The molecular formula is C22H23FN4O2. The quantitative estimate of drug-likeness (QED) is 0.741. The normalized spacial score (nSPS) is 16.8. The number of halogens is 1. The van der Waals surface area contributed by atoms with Gasteiger partial charge in [-0.2, -0.15) is 5.10 Å². The number of amides is 1. The molecule has 0 aliphatic carbocycles. The van der Waals surface area contributed by atoms with Crippen LogP contribution in [0.1, 0.15) is 40.5 Å². The summed E-state index contributed by atoms with van der Waals surface area (Å²) in [5, 5.41) is 7.25. The van der Waals surface area contributed by atoms with E-state index in [0.717, 1.165) is 35.4 Å². The highest BCUT2D eigenvalue weighted by Crippen LogP contribution is 2.33. The van der Waals surface area contributed by atoms with Crippen molar-refractivity contribution in [2.75, 3.05) is 13.1 Å². The summed E-state index contributed by atoms with van der Waals surface area (Å²) in [4.78, 5) is 27.3. The van der Waals surface area contributed by atoms with Crippen LogP contribution in [0.2, 0.25) is 0 Å². The highest BCUT2D eigenvalue weighted by Gasteiger charge is 2.29. The number of nitrogens with zero attached hydrogens (tertiary/aromatic N) is 3. The molecule has 1 aromatic carbocycles. The molecule has 2 aromatic heterocycles. The van der Waals surface area contributed by atoms with Crippen LogP contribution >= 0.6 is 0 Å². The second-order valence-corrected chi connectivity index (χ2v) is 7.55. The Morgan fingerprint density at radius 2 is 1.97 bits per heavy atom. The molecule has 0 saturated carbocycles. The number of carbonyl (C=O) groups is 1. The number of piperidine rings is 1. The highest BCUT2D eigenvalue weighted by atomic mass is 19.1. The van der Waals surface area contributed by atoms with Gasteiger partial charge in [-0.15, -0.1) is 0 Å². The molecule has 0 radical (unpaired) electrons. The summed E-state index contributed by atoms with van der Waals surface area (Å²) in [6.07, 6.45) is 3.48. The zero-order valence-corrected chi connectivity index (χ0v) is 16.5. The minimum absolute atomic E-state index is 0.0737. The summed E-state index contributed by atoms with van der Waals surface area (Å²) in [6.45, 7) is 2.96. The molecule has 3 aromatic rings. The SMILES string of the molecule is Cc1ccc(C(=O)N2CCCC(c3[nH]ncc3-c3ccc(F)cc3)C2)c(=O)n1C. The van der Waals surface area contributed by atoms with Crippen LogP contribution in [0, 0.1) is 12.7 Å². The molecule has 0 spiro atoms. The average molecular weight is 394 g/mol. The highest BCUT2D eigenvalue weighted by molar-refractivity contribution is 5.94. The van der Waals surface area contributed by atoms with E-state index in [0.29, 0.717) is 13.1 Å². The zero-order chi connectivity index (χ0) is 20.5. The molecular weight excluding hydrogens is 371 g/mol. The summed E-state index contributed by atoms with van der Waals surface area (Å²) in [5.41, 5.74) is 3.46. The molecule has 1 N–H and O–H groups in total. The summed E-state index contributed by atoms with van der Waals surface area (Å²) in [7, 11) is 1.67. The van der Waals surface area contributed by atoms with E-state index < -0.39 is 0 Å². The van der Waals surface area contributed by atoms with Gasteiger partial charge in [0.05, 0.1) is 6.20 Å². The summed E-state index contributed by atoms with van der Waals surface area (Å²) in [6, 6.07) is 9.71. The molecule has 6 nitrogen and oxygen atoms in total. The van der Waals surface area contributed by atoms with Crippen LogP contribution < -0.4 is 5.56 Å². The number of benzene rings is 1. The maximum Gasteiger partial charge on any atom is 0.263 e. The number of pyridine rings is 1. The number of aromatic amines is 1. The van der Waals surface area contributed by atoms with Crippen molar-refractivity contribution in [2.45, 2.75) is 25.7 Å². The van der Waals surface area contributed by atoms with E-state index in [1.807, 2.05) is 6.92 Å². The first kappa shape index (κ1) is 19.1. The molecule has 1 aliphatic heterocycles. The van der Waals surface area contributed by atoms with E-state index in [4.69, 9.17) is 0 Å². The Labute approximate surface area is 168 Å². The van der Waals surface area contributed by atoms with Gasteiger partial charge in [0.1, 0.15) is 11.4 Å². The van der Waals surface area contributed by atoms with Crippen molar-refractivity contribution < 1.29 is 9.18 Å². The van der Waals surface area contributed by atoms with Crippen molar-refractivity contribution in [3.8, 4) is 11.1 Å². The van der Waals surface area contributed by atoms with Crippen LogP contribution in [0.25, 0.3) is 11.1 Å². The van der Waals surface area contributed by atoms with Gasteiger partial charge in [0.15, 0.2) is 0 Å². The Morgan fingerprint density at radius 1 is 1.21 bits per heavy atom. The lowest BCUT2D eigenvalue weighted by molar-refractivity contribution is 0.0703. The lowest BCUT2D eigenvalue weighted by atomic mass is 9.90. The number of H-pyrrole nitrogens is 1. The number of hydrogen-bond acceptors (Lipinski definition) is 3. The van der Waals surface area contributed by atoms with Gasteiger partial charge in [-0.1, -0.05) is 12.1 Å². The molecule has 3 heterocycles. The summed E-state index contributed by atoms with van der Waals surface area (Å²) < 4.78 is 14.8. The molecule has 4 rings (SSSR count). The van der Waals surface area contributed by atoms with Crippen LogP contribution in [0.4, 0.5) is 4.39 Å². The van der Waals surface area contributed by atoms with Crippen LogP contribution in [0.15, 0.2) is 47.4 Å². The van der Waals surface area contributed by atoms with Crippen LogP contribution in [0.3, 0.4) is 0 Å². The minimum atomic E-state index is -0.284. The van der Waals surface area contributed by atoms with Crippen molar-refractivity contribution in [3.05, 3.63) is 75.7 Å². The first-order chi connectivity index (χ1) is 14.0. The summed E-state index contributed by atoms with van der Waals surface area (Å²) >= 11 is 0. The number of aromatic nitrogens is 3. The first-order valence-corrected chi connectivity index (χ1v) is 9.71. The maximum absolute atomic E-state index is 13.3. The van der Waals surface area contributed by atoms with Gasteiger partial charge < -0.3 is 9.47 Å². The van der Waals surface area contributed by atoms with Gasteiger partial charge in [0.25, 0.3) is 11.5 Å². The predicted molar refractivity (Wildman–Crippen MR) is 108 cm³/mol. The topological polar surface area (TPSA) is 71.0 Å². The third-order valence-electron chi connectivity index (χ3n) is 5.73. The third kappa shape index (κ3) is 3.60. The van der Waals surface area contributed by atoms with Gasteiger partial charge in [-0.05, 0) is 49.6 Å². The van der Waals surface area contributed by atoms with Crippen molar-refractivity contribution >= 4 is 5.91 Å². The second-order valence-electron chi connectivity index (χ2n) is 7.55. The monoisotopic (exact) mass is 394 g/mol. The fourth-order valence-electron chi connectivity index (χ4n) is 3.93. The van der Waals surface area contributed by atoms with Crippen molar-refractivity contribution in [1.29, 1.82) is 0 Å². The Bertz CT molecular complexity index is 1100. The lowest BCUT2D eigenvalue weighted by Gasteiger charge is -2.32. The summed E-state index contributed by atoms with van der Waals surface area (Å²) in [5.74, 6) is -0.449. The number of carbonyl (C=O) groups excluding carboxylic acids is 1. The Balaban J connectivity index is 1.59. The Kier molecular flexibility index (Phi) is 5.05. The first-order valence-electron chi connectivity index (χ1n) is 9.71. The number of hydrogen-bond donors (Lipinski definition) is 1. The molecule has 0 bridgehead atoms. The van der Waals surface area contributed by atoms with E-state index in [2.05, 4.69) is 10.2 Å². The molecule has 1 saturated heterocycles. The Hall–Kier alpha value is -3.22. The molecule has 7 heteroatoms. The zero-order valence-electron chi connectivity index (χ0n) is 16.5. The standard InChI is InChI=1S/C22H23FN4O2/c1-14-5-10-18(21(28)26(14)2)22(29)27-11-3-4-16(13-27)20-19(12-24-25-20)15-6-8-17(23)9-7-15/h5-10,12,16H,3-4,11,13H2,1-2H3,(H,24,25). The van der Waals surface area contributed by atoms with Crippen LogP contribution in [-0.2, 0) is 7.05 Å². The van der Waals surface area contributed by atoms with E-state index in [1.54, 1.807) is 42.4 Å². The van der Waals surface area contributed by atoms with Crippen LogP contribution in [0.5, 0.6) is 0 Å². The lowest BCUT2D eigenvalue weighted by Crippen LogP contribution is -2.42. The van der Waals surface area contributed by atoms with Gasteiger partial charge in [-0.3, -0.25) is 14.7 Å². The van der Waals surface area contributed by atoms with Crippen molar-refractivity contribution in [2.24, 2.45) is 7.05 Å². The van der Waals surface area contributed by atoms with E-state index in [9.17, 15) is 14.0 Å². The van der Waals surface area contributed by atoms with Gasteiger partial charge in [0.2, 0.25) is 0 Å². The van der Waals surface area contributed by atoms with E-state index >= 15 is 0 Å². The largest absolute Gasteiger partial charge is 0.338 e. The second kappa shape index (κ2) is 7.66. The fraction of sp³-hybridized carbons (Fsp3) is 0.318. The number of rotatable bonds is 3. The molecule has 150 valence electrons. The predicted octanol–water partition coefficient (Wildman–Crippen LogP) is 3.24. The minimum Gasteiger partial charge on any atom is -0.338 e. The third-order valence-corrected chi connectivity index (χ3v) is 5.73. The molecule has 1 aliphatic rings. The fourth-order valence-corrected chi connectivity index (χ4v) is 3.93. The maximum atomic E-state index is 13.3. The van der Waals surface area contributed by atoms with Gasteiger partial charge >= 0.3 is 0 Å². The van der Waals surface area contributed by atoms with E-state index in [-0.39, 0.29) is 28.8 Å². The number of likely N-dealkylation sites (tertiary alicyclic amines) is 1. The molecule has 29 heavy (non-hydrogen) atoms. The molecule has 1 unspecified atom stereocenters. The van der Waals surface area contributed by atoms with Crippen molar-refractivity contribution in [3.63, 3.8) is 0 Å². The van der Waals surface area contributed by atoms with Crippen molar-refractivity contribution in [1.82, 2.24) is 19.7 Å². The average Bonchev–Trinajstić information content (AvgIpc) is 3.22. The van der Waals surface area contributed by atoms with Gasteiger partial charge in [-0.25, -0.2) is 4.39 Å². The van der Waals surface area contributed by atoms with E-state index in [1.165, 1.54) is 16.7 Å². The van der Waals surface area contributed by atoms with Crippen LogP contribution in [-0.4, -0.2) is 38.7 Å². The number of aryl methyl sites for hydroxylation is 1. The smallest absolute Gasteiger partial charge is 0.263 e. The molecule has 1 amide bonds. The van der Waals surface area contributed by atoms with Gasteiger partial charge in [0, 0.05) is 43.0 Å².